The highest BCUT2D eigenvalue weighted by atomic mass is 35.5. The highest BCUT2D eigenvalue weighted by molar-refractivity contribution is 6.30. The number of nitrogens with zero attached hydrogens (tertiary/aromatic N) is 4. The van der Waals surface area contributed by atoms with Crippen LogP contribution in [-0.4, -0.2) is 25.7 Å². The second kappa shape index (κ2) is 7.25. The van der Waals surface area contributed by atoms with Gasteiger partial charge in [0.05, 0.1) is 25.0 Å². The average molecular weight is 368 g/mol. The van der Waals surface area contributed by atoms with E-state index < -0.39 is 0 Å². The molecule has 0 saturated carbocycles. The van der Waals surface area contributed by atoms with Crippen LogP contribution in [0.3, 0.4) is 0 Å². The Morgan fingerprint density at radius 3 is 3.04 bits per heavy atom. The number of hydrogen-bond acceptors (Lipinski definition) is 4. The number of carbonyl (C=O) groups is 1. The Morgan fingerprint density at radius 1 is 1.31 bits per heavy atom. The van der Waals surface area contributed by atoms with Gasteiger partial charge in [0.2, 0.25) is 0 Å². The first-order valence-electron chi connectivity index (χ1n) is 8.56. The van der Waals surface area contributed by atoms with Gasteiger partial charge in [-0.1, -0.05) is 23.7 Å². The van der Waals surface area contributed by atoms with Crippen LogP contribution in [0.5, 0.6) is 0 Å². The molecule has 1 amide bonds. The van der Waals surface area contributed by atoms with Crippen LogP contribution in [0.2, 0.25) is 5.02 Å². The molecular weight excluding hydrogens is 350 g/mol. The number of carbonyl (C=O) groups excluding carboxylic acids is 1. The van der Waals surface area contributed by atoms with E-state index in [2.05, 4.69) is 20.4 Å². The summed E-state index contributed by atoms with van der Waals surface area (Å²) in [5.74, 6) is -0.210. The zero-order valence-electron chi connectivity index (χ0n) is 14.1. The van der Waals surface area contributed by atoms with Crippen molar-refractivity contribution in [3.8, 4) is 0 Å². The van der Waals surface area contributed by atoms with Crippen molar-refractivity contribution < 1.29 is 4.79 Å². The molecule has 1 aliphatic rings. The van der Waals surface area contributed by atoms with Gasteiger partial charge in [0.1, 0.15) is 5.69 Å². The molecule has 0 aliphatic heterocycles. The van der Waals surface area contributed by atoms with E-state index >= 15 is 0 Å². The molecule has 6 nitrogen and oxygen atoms in total. The Hall–Kier alpha value is -2.73. The van der Waals surface area contributed by atoms with E-state index in [9.17, 15) is 4.79 Å². The average Bonchev–Trinajstić information content (AvgIpc) is 3.06. The van der Waals surface area contributed by atoms with Gasteiger partial charge in [-0.3, -0.25) is 14.5 Å². The third kappa shape index (κ3) is 3.46. The van der Waals surface area contributed by atoms with Crippen molar-refractivity contribution >= 4 is 17.5 Å². The number of hydrogen-bond donors (Lipinski definition) is 1. The lowest BCUT2D eigenvalue weighted by molar-refractivity contribution is 0.0927. The number of benzene rings is 1. The Balaban J connectivity index is 1.54. The maximum absolute atomic E-state index is 12.4. The first-order chi connectivity index (χ1) is 12.7. The maximum atomic E-state index is 12.4. The van der Waals surface area contributed by atoms with Gasteiger partial charge in [0.15, 0.2) is 0 Å². The molecule has 0 radical (unpaired) electrons. The summed E-state index contributed by atoms with van der Waals surface area (Å²) in [6.07, 6.45) is 9.25. The molecule has 1 atom stereocenters. The molecule has 0 fully saturated rings. The topological polar surface area (TPSA) is 72.7 Å². The van der Waals surface area contributed by atoms with E-state index in [1.54, 1.807) is 6.20 Å². The minimum absolute atomic E-state index is 0.0543. The normalized spacial score (nSPS) is 16.1. The minimum Gasteiger partial charge on any atom is -0.344 e. The number of rotatable bonds is 4. The summed E-state index contributed by atoms with van der Waals surface area (Å²) in [4.78, 5) is 20.4. The van der Waals surface area contributed by atoms with E-state index in [4.69, 9.17) is 11.6 Å². The fourth-order valence-electron chi connectivity index (χ4n) is 3.36. The zero-order chi connectivity index (χ0) is 17.9. The standard InChI is InChI=1S/C19H18ClN5O/c20-14-4-1-3-13(9-14)12-25-18-6-2-5-16(15(18)10-23-25)24-19(26)17-11-21-7-8-22-17/h1,3-4,7-11,16H,2,5-6,12H2,(H,24,26). The summed E-state index contributed by atoms with van der Waals surface area (Å²) in [5, 5.41) is 8.33. The third-order valence-corrected chi connectivity index (χ3v) is 4.82. The SMILES string of the molecule is O=C(NC1CCCc2c1cnn2Cc1cccc(Cl)c1)c1cnccn1. The lowest BCUT2D eigenvalue weighted by Gasteiger charge is -2.24. The summed E-state index contributed by atoms with van der Waals surface area (Å²) in [5.41, 5.74) is 3.68. The van der Waals surface area contributed by atoms with Crippen LogP contribution in [0.25, 0.3) is 0 Å². The van der Waals surface area contributed by atoms with Gasteiger partial charge in [-0.15, -0.1) is 0 Å². The minimum atomic E-state index is -0.210. The van der Waals surface area contributed by atoms with Crippen LogP contribution in [0.15, 0.2) is 49.1 Å². The van der Waals surface area contributed by atoms with Gasteiger partial charge >= 0.3 is 0 Å². The molecular formula is C19H18ClN5O. The lowest BCUT2D eigenvalue weighted by Crippen LogP contribution is -2.31. The number of halogens is 1. The molecule has 2 aromatic heterocycles. The molecule has 1 N–H and O–H groups in total. The predicted molar refractivity (Wildman–Crippen MR) is 98.0 cm³/mol. The Morgan fingerprint density at radius 2 is 2.23 bits per heavy atom. The molecule has 1 aromatic carbocycles. The summed E-state index contributed by atoms with van der Waals surface area (Å²) >= 11 is 6.08. The molecule has 3 aromatic rings. The molecule has 1 aliphatic carbocycles. The quantitative estimate of drug-likeness (QED) is 0.768. The van der Waals surface area contributed by atoms with Crippen molar-refractivity contribution in [2.45, 2.75) is 31.8 Å². The molecule has 1 unspecified atom stereocenters. The number of nitrogens with one attached hydrogen (secondary N) is 1. The second-order valence-corrected chi connectivity index (χ2v) is 6.78. The predicted octanol–water partition coefficient (Wildman–Crippen LogP) is 3.18. The van der Waals surface area contributed by atoms with Gasteiger partial charge in [-0.2, -0.15) is 5.10 Å². The van der Waals surface area contributed by atoms with E-state index in [0.29, 0.717) is 12.2 Å². The molecule has 0 saturated heterocycles. The second-order valence-electron chi connectivity index (χ2n) is 6.34. The van der Waals surface area contributed by atoms with Gasteiger partial charge in [-0.25, -0.2) is 4.98 Å². The largest absolute Gasteiger partial charge is 0.344 e. The Labute approximate surface area is 156 Å². The fourth-order valence-corrected chi connectivity index (χ4v) is 3.57. The smallest absolute Gasteiger partial charge is 0.271 e. The molecule has 2 heterocycles. The number of amides is 1. The van der Waals surface area contributed by atoms with E-state index in [1.165, 1.54) is 18.1 Å². The first kappa shape index (κ1) is 16.7. The lowest BCUT2D eigenvalue weighted by atomic mass is 9.92. The summed E-state index contributed by atoms with van der Waals surface area (Å²) in [6.45, 7) is 0.667. The highest BCUT2D eigenvalue weighted by Crippen LogP contribution is 2.30. The highest BCUT2D eigenvalue weighted by Gasteiger charge is 2.26. The van der Waals surface area contributed by atoms with Crippen LogP contribution >= 0.6 is 11.6 Å². The van der Waals surface area contributed by atoms with Crippen molar-refractivity contribution in [1.29, 1.82) is 0 Å². The number of aromatic nitrogens is 4. The summed E-state index contributed by atoms with van der Waals surface area (Å²) in [6, 6.07) is 7.74. The first-order valence-corrected chi connectivity index (χ1v) is 8.94. The van der Waals surface area contributed by atoms with Crippen LogP contribution < -0.4 is 5.32 Å². The summed E-state index contributed by atoms with van der Waals surface area (Å²) in [7, 11) is 0. The molecule has 7 heteroatoms. The molecule has 0 spiro atoms. The van der Waals surface area contributed by atoms with Crippen molar-refractivity contribution in [2.75, 3.05) is 0 Å². The van der Waals surface area contributed by atoms with E-state index in [-0.39, 0.29) is 11.9 Å². The zero-order valence-corrected chi connectivity index (χ0v) is 14.9. The van der Waals surface area contributed by atoms with Gasteiger partial charge in [-0.05, 0) is 37.0 Å². The van der Waals surface area contributed by atoms with Gasteiger partial charge in [0, 0.05) is 28.7 Å². The van der Waals surface area contributed by atoms with E-state index in [0.717, 1.165) is 35.4 Å². The van der Waals surface area contributed by atoms with E-state index in [1.807, 2.05) is 35.1 Å². The van der Waals surface area contributed by atoms with Crippen LogP contribution in [0.4, 0.5) is 0 Å². The number of fused-ring (bicyclic) bond motifs is 1. The van der Waals surface area contributed by atoms with Crippen LogP contribution in [-0.2, 0) is 13.0 Å². The molecule has 26 heavy (non-hydrogen) atoms. The molecule has 0 bridgehead atoms. The monoisotopic (exact) mass is 367 g/mol. The molecule has 132 valence electrons. The van der Waals surface area contributed by atoms with Crippen molar-refractivity contribution in [3.05, 3.63) is 76.6 Å². The van der Waals surface area contributed by atoms with Gasteiger partial charge < -0.3 is 5.32 Å². The maximum Gasteiger partial charge on any atom is 0.271 e. The van der Waals surface area contributed by atoms with Crippen molar-refractivity contribution in [1.82, 2.24) is 25.1 Å². The van der Waals surface area contributed by atoms with Crippen molar-refractivity contribution in [3.63, 3.8) is 0 Å². The van der Waals surface area contributed by atoms with Crippen LogP contribution in [0, 0.1) is 0 Å². The fraction of sp³-hybridized carbons (Fsp3) is 0.263. The third-order valence-electron chi connectivity index (χ3n) is 4.59. The molecule has 4 rings (SSSR count). The van der Waals surface area contributed by atoms with Crippen LogP contribution in [0.1, 0.15) is 46.2 Å². The van der Waals surface area contributed by atoms with Gasteiger partial charge in [0.25, 0.3) is 5.91 Å². The summed E-state index contributed by atoms with van der Waals surface area (Å²) < 4.78 is 2.00. The Kier molecular flexibility index (Phi) is 4.67. The van der Waals surface area contributed by atoms with Crippen molar-refractivity contribution in [2.24, 2.45) is 0 Å². The Bertz CT molecular complexity index is 925.